The summed E-state index contributed by atoms with van der Waals surface area (Å²) in [5.74, 6) is 6.83. The largest absolute Gasteiger partial charge is 0.493 e. The number of halogens is 1. The summed E-state index contributed by atoms with van der Waals surface area (Å²) in [5.41, 5.74) is 5.12. The van der Waals surface area contributed by atoms with Crippen molar-refractivity contribution in [3.63, 3.8) is 0 Å². The third-order valence-corrected chi connectivity index (χ3v) is 5.16. The van der Waals surface area contributed by atoms with Gasteiger partial charge in [0, 0.05) is 18.6 Å². The first-order valence-electron chi connectivity index (χ1n) is 7.64. The molecule has 1 aromatic carbocycles. The number of hydrogen-bond acceptors (Lipinski definition) is 4. The Bertz CT molecular complexity index is 515. The van der Waals surface area contributed by atoms with Crippen molar-refractivity contribution in [1.82, 2.24) is 5.43 Å². The molecule has 116 valence electrons. The molecule has 3 rings (SSSR count). The van der Waals surface area contributed by atoms with E-state index in [4.69, 9.17) is 26.9 Å². The Morgan fingerprint density at radius 2 is 2.19 bits per heavy atom. The highest BCUT2D eigenvalue weighted by atomic mass is 35.5. The lowest BCUT2D eigenvalue weighted by Crippen LogP contribution is -2.54. The van der Waals surface area contributed by atoms with Gasteiger partial charge in [0.05, 0.1) is 18.2 Å². The number of ether oxygens (including phenoxy) is 2. The Labute approximate surface area is 130 Å². The van der Waals surface area contributed by atoms with E-state index >= 15 is 0 Å². The van der Waals surface area contributed by atoms with Crippen molar-refractivity contribution in [1.29, 1.82) is 0 Å². The van der Waals surface area contributed by atoms with Gasteiger partial charge in [-0.05, 0) is 42.5 Å². The number of rotatable bonds is 5. The van der Waals surface area contributed by atoms with Crippen molar-refractivity contribution >= 4 is 11.6 Å². The van der Waals surface area contributed by atoms with Crippen LogP contribution in [-0.2, 0) is 17.6 Å². The maximum atomic E-state index is 6.24. The molecule has 1 unspecified atom stereocenters. The molecule has 1 aromatic rings. The number of benzene rings is 1. The van der Waals surface area contributed by atoms with Gasteiger partial charge >= 0.3 is 0 Å². The van der Waals surface area contributed by atoms with Gasteiger partial charge in [0.15, 0.2) is 0 Å². The lowest BCUT2D eigenvalue weighted by Gasteiger charge is -2.36. The van der Waals surface area contributed by atoms with E-state index in [1.54, 1.807) is 7.11 Å². The lowest BCUT2D eigenvalue weighted by atomic mass is 9.87. The number of nitrogens with one attached hydrogen (secondary N) is 1. The Kier molecular flexibility index (Phi) is 4.41. The molecule has 0 aromatic heterocycles. The molecular weight excluding hydrogens is 288 g/mol. The molecule has 3 N–H and O–H groups in total. The Balaban J connectivity index is 1.88. The van der Waals surface area contributed by atoms with Gasteiger partial charge in [0.2, 0.25) is 0 Å². The summed E-state index contributed by atoms with van der Waals surface area (Å²) in [5, 5.41) is 0.767. The van der Waals surface area contributed by atoms with Crippen molar-refractivity contribution in [2.75, 3.05) is 13.7 Å². The maximum Gasteiger partial charge on any atom is 0.125 e. The molecular formula is C16H23ClN2O2. The molecule has 0 bridgehead atoms. The fourth-order valence-electron chi connectivity index (χ4n) is 3.78. The number of fused-ring (bicyclic) bond motifs is 1. The zero-order valence-corrected chi connectivity index (χ0v) is 13.2. The van der Waals surface area contributed by atoms with Gasteiger partial charge in [0.25, 0.3) is 0 Å². The minimum Gasteiger partial charge on any atom is -0.493 e. The quantitative estimate of drug-likeness (QED) is 0.648. The molecule has 1 fully saturated rings. The second-order valence-corrected chi connectivity index (χ2v) is 6.49. The fraction of sp³-hybridized carbons (Fsp3) is 0.625. The molecule has 0 spiro atoms. The van der Waals surface area contributed by atoms with E-state index in [1.165, 1.54) is 18.4 Å². The van der Waals surface area contributed by atoms with E-state index in [-0.39, 0.29) is 11.6 Å². The van der Waals surface area contributed by atoms with E-state index < -0.39 is 0 Å². The van der Waals surface area contributed by atoms with Gasteiger partial charge in [-0.3, -0.25) is 11.3 Å². The van der Waals surface area contributed by atoms with E-state index in [0.29, 0.717) is 0 Å². The first-order valence-corrected chi connectivity index (χ1v) is 8.02. The topological polar surface area (TPSA) is 56.5 Å². The van der Waals surface area contributed by atoms with E-state index in [2.05, 4.69) is 5.43 Å². The Morgan fingerprint density at radius 3 is 2.86 bits per heavy atom. The number of nitrogens with two attached hydrogens (primary N) is 1. The van der Waals surface area contributed by atoms with E-state index in [0.717, 1.165) is 48.6 Å². The first kappa shape index (κ1) is 15.1. The summed E-state index contributed by atoms with van der Waals surface area (Å²) >= 11 is 6.24. The normalized spacial score (nSPS) is 21.1. The van der Waals surface area contributed by atoms with Gasteiger partial charge in [-0.2, -0.15) is 0 Å². The molecule has 5 heteroatoms. The Hall–Kier alpha value is -0.810. The minimum absolute atomic E-state index is 0.0665. The molecule has 21 heavy (non-hydrogen) atoms. The van der Waals surface area contributed by atoms with Gasteiger partial charge in [0.1, 0.15) is 5.75 Å². The predicted molar refractivity (Wildman–Crippen MR) is 83.7 cm³/mol. The highest BCUT2D eigenvalue weighted by Crippen LogP contribution is 2.39. The van der Waals surface area contributed by atoms with Crippen LogP contribution in [0.3, 0.4) is 0 Å². The third-order valence-electron chi connectivity index (χ3n) is 4.94. The standard InChI is InChI=1S/C16H23ClN2O2/c1-20-16(5-2-3-6-16)14(19-18)10-12-9-13(17)8-11-4-7-21-15(11)12/h8-9,14,19H,2-7,10,18H2,1H3. The van der Waals surface area contributed by atoms with Crippen molar-refractivity contribution < 1.29 is 9.47 Å². The average Bonchev–Trinajstić information content (AvgIpc) is 3.13. The van der Waals surface area contributed by atoms with Gasteiger partial charge < -0.3 is 9.47 Å². The molecule has 1 saturated carbocycles. The number of methoxy groups -OCH3 is 1. The highest BCUT2D eigenvalue weighted by Gasteiger charge is 2.41. The molecule has 2 aliphatic rings. The summed E-state index contributed by atoms with van der Waals surface area (Å²) < 4.78 is 11.6. The lowest BCUT2D eigenvalue weighted by molar-refractivity contribution is -0.0356. The summed E-state index contributed by atoms with van der Waals surface area (Å²) in [4.78, 5) is 0. The summed E-state index contributed by atoms with van der Waals surface area (Å²) in [6, 6.07) is 4.06. The number of hydrazine groups is 1. The van der Waals surface area contributed by atoms with Crippen LogP contribution in [0.2, 0.25) is 5.02 Å². The van der Waals surface area contributed by atoms with Crippen LogP contribution < -0.4 is 16.0 Å². The predicted octanol–water partition coefficient (Wildman–Crippen LogP) is 2.61. The van der Waals surface area contributed by atoms with Crippen molar-refractivity contribution in [3.05, 3.63) is 28.3 Å². The highest BCUT2D eigenvalue weighted by molar-refractivity contribution is 6.30. The average molecular weight is 311 g/mol. The first-order chi connectivity index (χ1) is 10.2. The molecule has 0 radical (unpaired) electrons. The van der Waals surface area contributed by atoms with Crippen LogP contribution in [-0.4, -0.2) is 25.4 Å². The van der Waals surface area contributed by atoms with Crippen LogP contribution in [0.25, 0.3) is 0 Å². The molecule has 0 saturated heterocycles. The second kappa shape index (κ2) is 6.13. The summed E-state index contributed by atoms with van der Waals surface area (Å²) in [7, 11) is 1.79. The third kappa shape index (κ3) is 2.78. The molecule has 1 aliphatic heterocycles. The van der Waals surface area contributed by atoms with Crippen LogP contribution in [0.5, 0.6) is 5.75 Å². The van der Waals surface area contributed by atoms with Crippen LogP contribution in [0.4, 0.5) is 0 Å². The van der Waals surface area contributed by atoms with Crippen LogP contribution in [0, 0.1) is 0 Å². The smallest absolute Gasteiger partial charge is 0.125 e. The fourth-order valence-corrected chi connectivity index (χ4v) is 4.05. The monoisotopic (exact) mass is 310 g/mol. The van der Waals surface area contributed by atoms with Gasteiger partial charge in [-0.15, -0.1) is 0 Å². The van der Waals surface area contributed by atoms with Crippen molar-refractivity contribution in [2.45, 2.75) is 50.2 Å². The van der Waals surface area contributed by atoms with E-state index in [1.807, 2.05) is 12.1 Å². The molecule has 0 amide bonds. The zero-order chi connectivity index (χ0) is 14.9. The SMILES string of the molecule is COC1(C(Cc2cc(Cl)cc3c2OCC3)NN)CCCC1. The van der Waals surface area contributed by atoms with Gasteiger partial charge in [-0.25, -0.2) is 0 Å². The summed E-state index contributed by atoms with van der Waals surface area (Å²) in [6.07, 6.45) is 6.17. The zero-order valence-electron chi connectivity index (χ0n) is 12.5. The molecule has 1 aliphatic carbocycles. The Morgan fingerprint density at radius 1 is 1.43 bits per heavy atom. The number of hydrogen-bond donors (Lipinski definition) is 2. The van der Waals surface area contributed by atoms with Crippen LogP contribution in [0.1, 0.15) is 36.8 Å². The minimum atomic E-state index is -0.178. The maximum absolute atomic E-state index is 6.24. The van der Waals surface area contributed by atoms with Crippen molar-refractivity contribution in [2.24, 2.45) is 5.84 Å². The molecule has 1 heterocycles. The second-order valence-electron chi connectivity index (χ2n) is 6.05. The van der Waals surface area contributed by atoms with E-state index in [9.17, 15) is 0 Å². The molecule has 4 nitrogen and oxygen atoms in total. The van der Waals surface area contributed by atoms with Gasteiger partial charge in [-0.1, -0.05) is 24.4 Å². The van der Waals surface area contributed by atoms with Crippen LogP contribution in [0.15, 0.2) is 12.1 Å². The van der Waals surface area contributed by atoms with Crippen LogP contribution >= 0.6 is 11.6 Å². The van der Waals surface area contributed by atoms with Crippen molar-refractivity contribution in [3.8, 4) is 5.75 Å². The summed E-state index contributed by atoms with van der Waals surface area (Å²) in [6.45, 7) is 0.735. The molecule has 1 atom stereocenters.